The van der Waals surface area contributed by atoms with Gasteiger partial charge in [0.1, 0.15) is 0 Å². The minimum absolute atomic E-state index is 0.223. The molecule has 0 radical (unpaired) electrons. The van der Waals surface area contributed by atoms with E-state index in [1.54, 1.807) is 0 Å². The summed E-state index contributed by atoms with van der Waals surface area (Å²) in [5.41, 5.74) is 5.59. The number of benzene rings is 5. The van der Waals surface area contributed by atoms with Crippen LogP contribution in [-0.2, 0) is 16.2 Å². The summed E-state index contributed by atoms with van der Waals surface area (Å²) >= 11 is 0. The topological polar surface area (TPSA) is 0 Å². The van der Waals surface area contributed by atoms with Gasteiger partial charge in [-0.3, -0.25) is 0 Å². The van der Waals surface area contributed by atoms with Crippen molar-refractivity contribution < 1.29 is 0 Å². The van der Waals surface area contributed by atoms with E-state index in [0.717, 1.165) is 5.92 Å². The van der Waals surface area contributed by atoms with E-state index in [9.17, 15) is 0 Å². The summed E-state index contributed by atoms with van der Waals surface area (Å²) in [6.07, 6.45) is 2.95. The molecule has 0 bridgehead atoms. The van der Waals surface area contributed by atoms with Crippen LogP contribution in [0.25, 0.3) is 21.5 Å². The maximum atomic E-state index is 2.32. The number of hydrogen-bond acceptors (Lipinski definition) is 0. The molecule has 0 heterocycles. The van der Waals surface area contributed by atoms with Gasteiger partial charge in [0.25, 0.3) is 0 Å². The average Bonchev–Trinajstić information content (AvgIpc) is 3.88. The second-order valence-electron chi connectivity index (χ2n) is 16.8. The normalized spacial score (nSPS) is 13.1. The highest BCUT2D eigenvalue weighted by molar-refractivity contribution is 5.86. The summed E-state index contributed by atoms with van der Waals surface area (Å²) in [4.78, 5) is 0. The lowest BCUT2D eigenvalue weighted by atomic mass is 9.84. The first kappa shape index (κ1) is 39.8. The van der Waals surface area contributed by atoms with Crippen LogP contribution in [0.2, 0.25) is 0 Å². The largest absolute Gasteiger partial charge is 0.0683 e. The molecule has 0 unspecified atom stereocenters. The first-order chi connectivity index (χ1) is 21.9. The summed E-state index contributed by atoms with van der Waals surface area (Å²) in [6.45, 7) is 31.2. The van der Waals surface area contributed by atoms with Gasteiger partial charge in [0.05, 0.1) is 0 Å². The summed E-state index contributed by atoms with van der Waals surface area (Å²) in [7, 11) is 0. The molecule has 5 aromatic carbocycles. The molecule has 0 atom stereocenters. The van der Waals surface area contributed by atoms with Crippen molar-refractivity contribution in [1.82, 2.24) is 0 Å². The Labute approximate surface area is 290 Å². The number of rotatable bonds is 0. The van der Waals surface area contributed by atoms with Crippen molar-refractivity contribution in [3.8, 4) is 0 Å². The number of fused-ring (bicyclic) bond motifs is 2. The molecule has 0 heteroatoms. The third-order valence-electron chi connectivity index (χ3n) is 8.66. The lowest BCUT2D eigenvalue weighted by Crippen LogP contribution is -2.11. The molecular formula is C47H66. The predicted octanol–water partition coefficient (Wildman–Crippen LogP) is 14.7. The average molecular weight is 631 g/mol. The Hall–Kier alpha value is -3.38. The van der Waals surface area contributed by atoms with E-state index >= 15 is 0 Å². The van der Waals surface area contributed by atoms with Crippen molar-refractivity contribution in [1.29, 1.82) is 0 Å². The number of hydrogen-bond donors (Lipinski definition) is 0. The molecular weight excluding hydrogens is 565 g/mol. The van der Waals surface area contributed by atoms with Crippen molar-refractivity contribution in [3.05, 3.63) is 132 Å². The van der Waals surface area contributed by atoms with E-state index in [2.05, 4.69) is 198 Å². The van der Waals surface area contributed by atoms with Crippen LogP contribution in [-0.4, -0.2) is 0 Å². The lowest BCUT2D eigenvalue weighted by molar-refractivity contribution is 0.351. The van der Waals surface area contributed by atoms with Gasteiger partial charge in [-0.25, -0.2) is 0 Å². The van der Waals surface area contributed by atoms with Crippen LogP contribution in [0.1, 0.15) is 126 Å². The van der Waals surface area contributed by atoms with Gasteiger partial charge in [-0.05, 0) is 78.7 Å². The molecule has 6 rings (SSSR count). The fraction of sp³-hybridized carbons (Fsp3) is 0.447. The Bertz CT molecular complexity index is 1590. The molecule has 0 N–H and O–H groups in total. The first-order valence-corrected chi connectivity index (χ1v) is 17.9. The summed E-state index contributed by atoms with van der Waals surface area (Å²) in [5.74, 6) is 1.05. The van der Waals surface area contributed by atoms with Crippen LogP contribution in [0.4, 0.5) is 0 Å². The van der Waals surface area contributed by atoms with Crippen LogP contribution in [0.15, 0.2) is 115 Å². The van der Waals surface area contributed by atoms with E-state index in [4.69, 9.17) is 0 Å². The highest BCUT2D eigenvalue weighted by Gasteiger charge is 2.33. The molecule has 0 amide bonds. The molecule has 0 spiro atoms. The summed E-state index contributed by atoms with van der Waals surface area (Å²) in [5, 5.41) is 5.36. The minimum atomic E-state index is 0.223. The summed E-state index contributed by atoms with van der Waals surface area (Å²) < 4.78 is 0. The Kier molecular flexibility index (Phi) is 14.5. The predicted molar refractivity (Wildman–Crippen MR) is 214 cm³/mol. The van der Waals surface area contributed by atoms with Crippen molar-refractivity contribution in [2.45, 2.75) is 126 Å². The van der Waals surface area contributed by atoms with Gasteiger partial charge in [0, 0.05) is 0 Å². The van der Waals surface area contributed by atoms with Gasteiger partial charge in [0.15, 0.2) is 0 Å². The molecule has 1 aliphatic carbocycles. The Morgan fingerprint density at radius 2 is 0.872 bits per heavy atom. The molecule has 47 heavy (non-hydrogen) atoms. The highest BCUT2D eigenvalue weighted by Crippen LogP contribution is 2.44. The zero-order chi connectivity index (χ0) is 35.5. The van der Waals surface area contributed by atoms with Crippen LogP contribution in [0.5, 0.6) is 0 Å². The monoisotopic (exact) mass is 631 g/mol. The van der Waals surface area contributed by atoms with Crippen molar-refractivity contribution in [2.75, 3.05) is 0 Å². The Balaban J connectivity index is 0.000000220. The summed E-state index contributed by atoms with van der Waals surface area (Å²) in [6, 6.07) is 40.9. The van der Waals surface area contributed by atoms with Crippen LogP contribution in [0, 0.1) is 11.3 Å². The smallest absolute Gasteiger partial charge is 0.0126 e. The van der Waals surface area contributed by atoms with E-state index in [1.807, 2.05) is 13.8 Å². The van der Waals surface area contributed by atoms with E-state index < -0.39 is 0 Å². The van der Waals surface area contributed by atoms with E-state index in [0.29, 0.717) is 10.8 Å². The van der Waals surface area contributed by atoms with E-state index in [-0.39, 0.29) is 10.8 Å². The van der Waals surface area contributed by atoms with Gasteiger partial charge in [-0.2, -0.15) is 0 Å². The SMILES string of the molecule is CC.CC(C)(C)C1CC1.CC(C)(C)c1ccc2ccccc2c1.CC(C)(C)c1cccc2ccccc12.CC(C)(C)c1ccccc1. The molecule has 0 aliphatic heterocycles. The molecule has 0 nitrogen and oxygen atoms in total. The molecule has 5 aromatic rings. The fourth-order valence-corrected chi connectivity index (χ4v) is 5.42. The van der Waals surface area contributed by atoms with Crippen molar-refractivity contribution in [2.24, 2.45) is 11.3 Å². The molecule has 254 valence electrons. The zero-order valence-corrected chi connectivity index (χ0v) is 32.5. The second kappa shape index (κ2) is 17.1. The fourth-order valence-electron chi connectivity index (χ4n) is 5.42. The van der Waals surface area contributed by atoms with Crippen molar-refractivity contribution >= 4 is 21.5 Å². The standard InChI is InChI=1S/2C14H16.C10H14.C7H14.C2H6/c1-14(2,3)13-10-6-8-11-7-4-5-9-12(11)13;1-14(2,3)13-9-8-11-6-4-5-7-12(11)10-13;1-10(2,3)9-7-5-4-6-8-9;1-7(2,3)6-4-5-6;1-2/h2*4-10H,1-3H3;4-8H,1-3H3;6H,4-5H2,1-3H3;1-2H3. The van der Waals surface area contributed by atoms with Gasteiger partial charge < -0.3 is 0 Å². The maximum absolute atomic E-state index is 2.32. The molecule has 1 fully saturated rings. The molecule has 0 saturated heterocycles. The van der Waals surface area contributed by atoms with Gasteiger partial charge >= 0.3 is 0 Å². The van der Waals surface area contributed by atoms with Gasteiger partial charge in [-0.1, -0.05) is 212 Å². The minimum Gasteiger partial charge on any atom is -0.0683 e. The molecule has 1 aliphatic rings. The third-order valence-corrected chi connectivity index (χ3v) is 8.66. The maximum Gasteiger partial charge on any atom is -0.0126 e. The van der Waals surface area contributed by atoms with E-state index in [1.165, 1.54) is 51.1 Å². The van der Waals surface area contributed by atoms with Gasteiger partial charge in [0.2, 0.25) is 0 Å². The first-order valence-electron chi connectivity index (χ1n) is 17.9. The Morgan fingerprint density at radius 3 is 1.32 bits per heavy atom. The Morgan fingerprint density at radius 1 is 0.404 bits per heavy atom. The quantitative estimate of drug-likeness (QED) is 0.160. The lowest BCUT2D eigenvalue weighted by Gasteiger charge is -2.21. The van der Waals surface area contributed by atoms with Crippen LogP contribution >= 0.6 is 0 Å². The second-order valence-corrected chi connectivity index (χ2v) is 16.8. The van der Waals surface area contributed by atoms with Crippen LogP contribution in [0.3, 0.4) is 0 Å². The van der Waals surface area contributed by atoms with Crippen molar-refractivity contribution in [3.63, 3.8) is 0 Å². The third kappa shape index (κ3) is 13.3. The zero-order valence-electron chi connectivity index (χ0n) is 32.5. The highest BCUT2D eigenvalue weighted by atomic mass is 14.4. The van der Waals surface area contributed by atoms with Gasteiger partial charge in [-0.15, -0.1) is 0 Å². The molecule has 0 aromatic heterocycles. The van der Waals surface area contributed by atoms with Crippen LogP contribution < -0.4 is 0 Å². The molecule has 1 saturated carbocycles.